The number of hydrogen-bond acceptors (Lipinski definition) is 5. The fraction of sp³-hybridized carbons (Fsp3) is 0.583. The zero-order valence-electron chi connectivity index (χ0n) is 20.7. The lowest BCUT2D eigenvalue weighted by atomic mass is 9.90. The smallest absolute Gasteiger partial charge is 0.416 e. The largest absolute Gasteiger partial charge is 0.491 e. The van der Waals surface area contributed by atoms with Gasteiger partial charge in [0.2, 0.25) is 0 Å². The molecule has 2 rings (SSSR count). The molecule has 1 unspecified atom stereocenters. The third-order valence-electron chi connectivity index (χ3n) is 6.30. The number of carbonyl (C=O) groups is 2. The molecule has 0 bridgehead atoms. The summed E-state index contributed by atoms with van der Waals surface area (Å²) in [5.41, 5.74) is 0.114. The van der Waals surface area contributed by atoms with Crippen LogP contribution in [0.3, 0.4) is 0 Å². The third kappa shape index (κ3) is 5.92. The first-order valence-corrected chi connectivity index (χ1v) is 13.8. The van der Waals surface area contributed by atoms with E-state index in [1.165, 1.54) is 6.07 Å². The SMILES string of the molecule is CC(OC(=O)c1cc2cc(OCCO[Si](C)(C)C(C)(C)C)ccc2n1C(=O)O)C(C)(C)C. The number of fused-ring (bicyclic) bond motifs is 1. The molecule has 0 aliphatic rings. The van der Waals surface area contributed by atoms with E-state index >= 15 is 0 Å². The molecule has 1 aromatic carbocycles. The van der Waals surface area contributed by atoms with Gasteiger partial charge in [-0.2, -0.15) is 0 Å². The highest BCUT2D eigenvalue weighted by Gasteiger charge is 2.37. The average Bonchev–Trinajstić information content (AvgIpc) is 3.02. The van der Waals surface area contributed by atoms with Gasteiger partial charge in [-0.1, -0.05) is 41.5 Å². The Morgan fingerprint density at radius 2 is 1.69 bits per heavy atom. The van der Waals surface area contributed by atoms with Gasteiger partial charge in [0.05, 0.1) is 12.1 Å². The molecule has 0 fully saturated rings. The van der Waals surface area contributed by atoms with Gasteiger partial charge in [-0.05, 0) is 54.7 Å². The maximum atomic E-state index is 12.7. The normalized spacial score (nSPS) is 13.8. The maximum absolute atomic E-state index is 12.7. The highest BCUT2D eigenvalue weighted by molar-refractivity contribution is 6.74. The first-order valence-electron chi connectivity index (χ1n) is 10.9. The van der Waals surface area contributed by atoms with Gasteiger partial charge in [-0.3, -0.25) is 0 Å². The van der Waals surface area contributed by atoms with Crippen LogP contribution in [-0.4, -0.2) is 49.4 Å². The summed E-state index contributed by atoms with van der Waals surface area (Å²) in [6, 6.07) is 6.59. The quantitative estimate of drug-likeness (QED) is 0.301. The summed E-state index contributed by atoms with van der Waals surface area (Å²) in [5.74, 6) is -0.0851. The molecular weight excluding hydrogens is 426 g/mol. The Labute approximate surface area is 191 Å². The molecule has 1 atom stereocenters. The van der Waals surface area contributed by atoms with Gasteiger partial charge in [0.15, 0.2) is 8.32 Å². The Morgan fingerprint density at radius 3 is 2.22 bits per heavy atom. The summed E-state index contributed by atoms with van der Waals surface area (Å²) in [7, 11) is -1.84. The van der Waals surface area contributed by atoms with Crippen molar-refractivity contribution in [3.05, 3.63) is 30.0 Å². The van der Waals surface area contributed by atoms with Crippen LogP contribution in [0.1, 0.15) is 59.0 Å². The zero-order valence-corrected chi connectivity index (χ0v) is 21.7. The number of benzene rings is 1. The Hall–Kier alpha value is -2.32. The highest BCUT2D eigenvalue weighted by atomic mass is 28.4. The van der Waals surface area contributed by atoms with E-state index in [0.29, 0.717) is 29.9 Å². The van der Waals surface area contributed by atoms with Crippen LogP contribution < -0.4 is 4.74 Å². The van der Waals surface area contributed by atoms with E-state index in [1.54, 1.807) is 25.1 Å². The van der Waals surface area contributed by atoms with E-state index in [4.69, 9.17) is 13.9 Å². The number of hydrogen-bond donors (Lipinski definition) is 1. The molecule has 7 nitrogen and oxygen atoms in total. The second-order valence-electron chi connectivity index (χ2n) is 10.7. The minimum Gasteiger partial charge on any atom is -0.491 e. The number of rotatable bonds is 7. The molecule has 0 aliphatic heterocycles. The van der Waals surface area contributed by atoms with Gasteiger partial charge in [-0.25, -0.2) is 14.2 Å². The van der Waals surface area contributed by atoms with E-state index < -0.39 is 20.4 Å². The van der Waals surface area contributed by atoms with Crippen molar-refractivity contribution in [3.8, 4) is 5.75 Å². The number of carbonyl (C=O) groups excluding carboxylic acids is 1. The molecule has 178 valence electrons. The second-order valence-corrected chi connectivity index (χ2v) is 15.5. The molecule has 1 aromatic heterocycles. The predicted molar refractivity (Wildman–Crippen MR) is 128 cm³/mol. The van der Waals surface area contributed by atoms with Crippen molar-refractivity contribution in [1.82, 2.24) is 4.57 Å². The van der Waals surface area contributed by atoms with Crippen molar-refractivity contribution >= 4 is 31.3 Å². The molecule has 1 heterocycles. The number of ether oxygens (including phenoxy) is 2. The fourth-order valence-electron chi connectivity index (χ4n) is 2.71. The van der Waals surface area contributed by atoms with Crippen molar-refractivity contribution in [2.45, 2.75) is 72.7 Å². The molecule has 0 saturated heterocycles. The average molecular weight is 464 g/mol. The first-order chi connectivity index (χ1) is 14.5. The summed E-state index contributed by atoms with van der Waals surface area (Å²) in [4.78, 5) is 24.6. The van der Waals surface area contributed by atoms with Crippen LogP contribution in [0.15, 0.2) is 24.3 Å². The van der Waals surface area contributed by atoms with Crippen LogP contribution in [0.5, 0.6) is 5.75 Å². The van der Waals surface area contributed by atoms with Gasteiger partial charge in [0, 0.05) is 5.39 Å². The van der Waals surface area contributed by atoms with Crippen molar-refractivity contribution in [1.29, 1.82) is 0 Å². The van der Waals surface area contributed by atoms with E-state index in [9.17, 15) is 14.7 Å². The maximum Gasteiger partial charge on any atom is 0.416 e. The lowest BCUT2D eigenvalue weighted by Gasteiger charge is -2.36. The molecule has 8 heteroatoms. The van der Waals surface area contributed by atoms with Crippen LogP contribution in [0.25, 0.3) is 10.9 Å². The molecule has 0 spiro atoms. The number of esters is 1. The van der Waals surface area contributed by atoms with Crippen LogP contribution in [-0.2, 0) is 9.16 Å². The van der Waals surface area contributed by atoms with Crippen molar-refractivity contribution < 1.29 is 28.6 Å². The molecule has 0 radical (unpaired) electrons. The van der Waals surface area contributed by atoms with Gasteiger partial charge in [-0.15, -0.1) is 0 Å². The summed E-state index contributed by atoms with van der Waals surface area (Å²) in [6.07, 6.45) is -1.62. The fourth-order valence-corrected chi connectivity index (χ4v) is 3.74. The number of aromatic nitrogens is 1. The first kappa shape index (κ1) is 25.9. The standard InChI is InChI=1S/C24H37NO6Si/c1-16(23(2,3)4)31-21(26)20-15-17-14-18(10-11-19(17)25(20)22(27)28)29-12-13-30-32(8,9)24(5,6)7/h10-11,14-16H,12-13H2,1-9H3,(H,27,28). The van der Waals surface area contributed by atoms with Gasteiger partial charge < -0.3 is 19.0 Å². The van der Waals surface area contributed by atoms with Gasteiger partial charge >= 0.3 is 12.1 Å². The molecule has 0 saturated carbocycles. The van der Waals surface area contributed by atoms with Crippen molar-refractivity contribution in [2.75, 3.05) is 13.2 Å². The zero-order chi connectivity index (χ0) is 24.5. The summed E-state index contributed by atoms with van der Waals surface area (Å²) < 4.78 is 18.4. The van der Waals surface area contributed by atoms with E-state index in [2.05, 4.69) is 33.9 Å². The van der Waals surface area contributed by atoms with E-state index in [1.807, 2.05) is 20.8 Å². The molecule has 32 heavy (non-hydrogen) atoms. The molecule has 1 N–H and O–H groups in total. The molecular formula is C24H37NO6Si. The highest BCUT2D eigenvalue weighted by Crippen LogP contribution is 2.36. The van der Waals surface area contributed by atoms with E-state index in [-0.39, 0.29) is 22.3 Å². The second kappa shape index (κ2) is 9.27. The van der Waals surface area contributed by atoms with Crippen LogP contribution in [0, 0.1) is 5.41 Å². The minimum absolute atomic E-state index is 0.0259. The Balaban J connectivity index is 2.19. The summed E-state index contributed by atoms with van der Waals surface area (Å²) >= 11 is 0. The molecule has 0 aliphatic carbocycles. The lowest BCUT2D eigenvalue weighted by molar-refractivity contribution is 0.00382. The van der Waals surface area contributed by atoms with Gasteiger partial charge in [0.1, 0.15) is 24.2 Å². The number of nitrogens with zero attached hydrogens (tertiary/aromatic N) is 1. The molecule has 0 amide bonds. The molecule has 2 aromatic rings. The summed E-state index contributed by atoms with van der Waals surface area (Å²) in [6.45, 7) is 19.5. The number of carboxylic acid groups (broad SMARTS) is 1. The van der Waals surface area contributed by atoms with E-state index in [0.717, 1.165) is 4.57 Å². The minimum atomic E-state index is -1.84. The van der Waals surface area contributed by atoms with Crippen LogP contribution >= 0.6 is 0 Å². The Morgan fingerprint density at radius 1 is 1.06 bits per heavy atom. The third-order valence-corrected chi connectivity index (χ3v) is 10.8. The van der Waals surface area contributed by atoms with Crippen LogP contribution in [0.4, 0.5) is 4.79 Å². The van der Waals surface area contributed by atoms with Crippen molar-refractivity contribution in [3.63, 3.8) is 0 Å². The lowest BCUT2D eigenvalue weighted by Crippen LogP contribution is -2.41. The predicted octanol–water partition coefficient (Wildman–Crippen LogP) is 6.16. The Bertz CT molecular complexity index is 981. The topological polar surface area (TPSA) is 87.0 Å². The van der Waals surface area contributed by atoms with Gasteiger partial charge in [0.25, 0.3) is 0 Å². The Kier molecular flexibility index (Phi) is 7.51. The van der Waals surface area contributed by atoms with Crippen LogP contribution in [0.2, 0.25) is 18.1 Å². The monoisotopic (exact) mass is 463 g/mol. The summed E-state index contributed by atoms with van der Waals surface area (Å²) in [5, 5.41) is 10.4. The van der Waals surface area contributed by atoms with Crippen molar-refractivity contribution in [2.24, 2.45) is 5.41 Å².